The van der Waals surface area contributed by atoms with Crippen LogP contribution in [0.4, 0.5) is 8.78 Å². The molecule has 0 saturated heterocycles. The van der Waals surface area contributed by atoms with Gasteiger partial charge in [-0.05, 0) is 36.2 Å². The lowest BCUT2D eigenvalue weighted by atomic mass is 10.1. The molecule has 176 valence electrons. The van der Waals surface area contributed by atoms with E-state index in [-0.39, 0.29) is 42.0 Å². The van der Waals surface area contributed by atoms with Crippen molar-refractivity contribution in [1.29, 1.82) is 0 Å². The molecular formula is C27H22F2N4O2. The van der Waals surface area contributed by atoms with Crippen LogP contribution >= 0.6 is 0 Å². The zero-order valence-corrected chi connectivity index (χ0v) is 18.7. The Bertz CT molecular complexity index is 1410. The molecule has 5 rings (SSSR count). The number of rotatable bonds is 8. The molecule has 2 N–H and O–H groups in total. The molecule has 0 aliphatic rings. The van der Waals surface area contributed by atoms with Gasteiger partial charge in [0.05, 0.1) is 28.8 Å². The lowest BCUT2D eigenvalue weighted by Crippen LogP contribution is -2.31. The van der Waals surface area contributed by atoms with Crippen LogP contribution in [0, 0.1) is 11.6 Å². The normalized spacial score (nSPS) is 12.1. The zero-order valence-electron chi connectivity index (χ0n) is 18.7. The highest BCUT2D eigenvalue weighted by Crippen LogP contribution is 2.27. The minimum absolute atomic E-state index is 0.0137. The molecule has 1 atom stereocenters. The summed E-state index contributed by atoms with van der Waals surface area (Å²) in [5, 5.41) is 3.05. The van der Waals surface area contributed by atoms with Gasteiger partial charge in [0, 0.05) is 12.8 Å². The minimum atomic E-state index is -0.736. The summed E-state index contributed by atoms with van der Waals surface area (Å²) in [6.45, 7) is 0. The maximum absolute atomic E-state index is 14.0. The summed E-state index contributed by atoms with van der Waals surface area (Å²) >= 11 is 0. The predicted octanol–water partition coefficient (Wildman–Crippen LogP) is 5.53. The second-order valence-electron chi connectivity index (χ2n) is 8.16. The maximum atomic E-state index is 14.0. The summed E-state index contributed by atoms with van der Waals surface area (Å²) in [5.41, 5.74) is 2.50. The van der Waals surface area contributed by atoms with Gasteiger partial charge in [-0.25, -0.2) is 18.7 Å². The molecule has 0 aliphatic heterocycles. The van der Waals surface area contributed by atoms with Gasteiger partial charge in [0.15, 0.2) is 11.7 Å². The smallest absolute Gasteiger partial charge is 0.221 e. The largest absolute Gasteiger partial charge is 0.441 e. The zero-order chi connectivity index (χ0) is 24.2. The van der Waals surface area contributed by atoms with E-state index in [2.05, 4.69) is 20.3 Å². The second-order valence-corrected chi connectivity index (χ2v) is 8.16. The molecule has 2 aromatic heterocycles. The number of hydrogen-bond donors (Lipinski definition) is 2. The topological polar surface area (TPSA) is 83.8 Å². The molecule has 8 heteroatoms. The second kappa shape index (κ2) is 9.89. The van der Waals surface area contributed by atoms with Crippen LogP contribution < -0.4 is 5.32 Å². The van der Waals surface area contributed by atoms with Gasteiger partial charge in [-0.1, -0.05) is 48.5 Å². The lowest BCUT2D eigenvalue weighted by molar-refractivity contribution is -0.121. The highest BCUT2D eigenvalue weighted by Gasteiger charge is 2.20. The van der Waals surface area contributed by atoms with Crippen molar-refractivity contribution in [2.45, 2.75) is 25.3 Å². The first-order valence-corrected chi connectivity index (χ1v) is 11.2. The third-order valence-electron chi connectivity index (χ3n) is 5.68. The molecule has 5 aromatic rings. The summed E-state index contributed by atoms with van der Waals surface area (Å²) in [6.07, 6.45) is 2.09. The first-order valence-electron chi connectivity index (χ1n) is 11.2. The van der Waals surface area contributed by atoms with E-state index in [1.807, 2.05) is 54.6 Å². The van der Waals surface area contributed by atoms with E-state index in [0.717, 1.165) is 28.7 Å². The quantitative estimate of drug-likeness (QED) is 0.311. The minimum Gasteiger partial charge on any atom is -0.441 e. The number of aromatic amines is 1. The van der Waals surface area contributed by atoms with Gasteiger partial charge in [-0.2, -0.15) is 0 Å². The number of imidazole rings is 1. The predicted molar refractivity (Wildman–Crippen MR) is 127 cm³/mol. The van der Waals surface area contributed by atoms with Crippen LogP contribution in [0.15, 0.2) is 83.4 Å². The van der Waals surface area contributed by atoms with Crippen molar-refractivity contribution >= 4 is 16.9 Å². The summed E-state index contributed by atoms with van der Waals surface area (Å²) in [6, 6.07) is 20.7. The summed E-state index contributed by atoms with van der Waals surface area (Å²) < 4.78 is 33.6. The van der Waals surface area contributed by atoms with Crippen LogP contribution in [0.5, 0.6) is 0 Å². The Morgan fingerprint density at radius 2 is 1.71 bits per heavy atom. The molecule has 0 radical (unpaired) electrons. The van der Waals surface area contributed by atoms with E-state index < -0.39 is 11.6 Å². The van der Waals surface area contributed by atoms with Gasteiger partial charge in [0.25, 0.3) is 0 Å². The number of carbonyl (C=O) groups is 1. The molecule has 0 fully saturated rings. The van der Waals surface area contributed by atoms with Gasteiger partial charge < -0.3 is 14.7 Å². The number of nitrogens with one attached hydrogen (secondary N) is 2. The van der Waals surface area contributed by atoms with Crippen LogP contribution in [0.3, 0.4) is 0 Å². The van der Waals surface area contributed by atoms with Gasteiger partial charge in [0.1, 0.15) is 17.5 Å². The Labute approximate surface area is 200 Å². The van der Waals surface area contributed by atoms with E-state index >= 15 is 0 Å². The number of fused-ring (bicyclic) bond motifs is 1. The van der Waals surface area contributed by atoms with E-state index in [1.54, 1.807) is 0 Å². The van der Waals surface area contributed by atoms with E-state index in [4.69, 9.17) is 4.42 Å². The average molecular weight is 472 g/mol. The molecule has 0 unspecified atom stereocenters. The number of halogens is 2. The molecule has 3 aromatic carbocycles. The van der Waals surface area contributed by atoms with Gasteiger partial charge in [-0.15, -0.1) is 0 Å². The number of benzene rings is 3. The average Bonchev–Trinajstić information content (AvgIpc) is 3.50. The molecule has 1 amide bonds. The highest BCUT2D eigenvalue weighted by molar-refractivity contribution is 5.77. The summed E-state index contributed by atoms with van der Waals surface area (Å²) in [4.78, 5) is 24.9. The summed E-state index contributed by atoms with van der Waals surface area (Å²) in [7, 11) is 0. The first-order chi connectivity index (χ1) is 17.1. The molecule has 35 heavy (non-hydrogen) atoms. The Morgan fingerprint density at radius 1 is 0.971 bits per heavy atom. The van der Waals surface area contributed by atoms with Crippen molar-refractivity contribution in [3.8, 4) is 11.3 Å². The van der Waals surface area contributed by atoms with Gasteiger partial charge >= 0.3 is 0 Å². The molecule has 0 spiro atoms. The van der Waals surface area contributed by atoms with Crippen molar-refractivity contribution in [3.63, 3.8) is 0 Å². The molecule has 0 bridgehead atoms. The SMILES string of the molecule is O=C(CCc1ncc(-c2c(F)cccc2F)o1)N[C@H](Cc1ccccc1)c1nc2ccccc2[nH]1. The van der Waals surface area contributed by atoms with Crippen LogP contribution in [0.25, 0.3) is 22.4 Å². The molecular weight excluding hydrogens is 450 g/mol. The molecule has 6 nitrogen and oxygen atoms in total. The first kappa shape index (κ1) is 22.5. The molecule has 0 saturated carbocycles. The number of oxazole rings is 1. The van der Waals surface area contributed by atoms with Crippen molar-refractivity contribution in [1.82, 2.24) is 20.3 Å². The Morgan fingerprint density at radius 3 is 2.49 bits per heavy atom. The molecule has 0 aliphatic carbocycles. The lowest BCUT2D eigenvalue weighted by Gasteiger charge is -2.17. The standard InChI is InChI=1S/C27H22F2N4O2/c28-18-9-6-10-19(29)26(18)23-16-30-25(35-23)14-13-24(34)31-22(15-17-7-2-1-3-8-17)27-32-20-11-4-5-12-21(20)33-27/h1-12,16,22H,13-15H2,(H,31,34)(H,32,33)/t22-/m1/s1. The van der Waals surface area contributed by atoms with Crippen molar-refractivity contribution in [2.24, 2.45) is 0 Å². The van der Waals surface area contributed by atoms with Crippen LogP contribution in [0.1, 0.15) is 29.7 Å². The third kappa shape index (κ3) is 5.11. The fourth-order valence-corrected chi connectivity index (χ4v) is 3.97. The number of para-hydroxylation sites is 2. The highest BCUT2D eigenvalue weighted by atomic mass is 19.1. The fourth-order valence-electron chi connectivity index (χ4n) is 3.97. The van der Waals surface area contributed by atoms with Crippen molar-refractivity contribution in [3.05, 3.63) is 108 Å². The number of amides is 1. The van der Waals surface area contributed by atoms with Crippen LogP contribution in [-0.4, -0.2) is 20.9 Å². The number of aromatic nitrogens is 3. The number of H-pyrrole nitrogens is 1. The number of hydrogen-bond acceptors (Lipinski definition) is 4. The van der Waals surface area contributed by atoms with Crippen LogP contribution in [0.2, 0.25) is 0 Å². The monoisotopic (exact) mass is 472 g/mol. The Kier molecular flexibility index (Phi) is 6.34. The number of nitrogens with zero attached hydrogens (tertiary/aromatic N) is 2. The van der Waals surface area contributed by atoms with Gasteiger partial charge in [0.2, 0.25) is 5.91 Å². The van der Waals surface area contributed by atoms with E-state index in [1.165, 1.54) is 12.3 Å². The van der Waals surface area contributed by atoms with Crippen LogP contribution in [-0.2, 0) is 17.6 Å². The summed E-state index contributed by atoms with van der Waals surface area (Å²) in [5.74, 6) is -0.818. The number of carbonyl (C=O) groups excluding carboxylic acids is 1. The van der Waals surface area contributed by atoms with Crippen molar-refractivity contribution in [2.75, 3.05) is 0 Å². The van der Waals surface area contributed by atoms with E-state index in [9.17, 15) is 13.6 Å². The van der Waals surface area contributed by atoms with Gasteiger partial charge in [-0.3, -0.25) is 4.79 Å². The maximum Gasteiger partial charge on any atom is 0.221 e. The molecule has 2 heterocycles. The van der Waals surface area contributed by atoms with E-state index in [0.29, 0.717) is 12.2 Å². The Balaban J connectivity index is 1.29. The fraction of sp³-hybridized carbons (Fsp3) is 0.148. The third-order valence-corrected chi connectivity index (χ3v) is 5.68. The Hall–Kier alpha value is -4.33. The number of aryl methyl sites for hydroxylation is 1. The van der Waals surface area contributed by atoms with Crippen molar-refractivity contribution < 1.29 is 18.0 Å².